The molecule has 0 radical (unpaired) electrons. The second-order valence-electron chi connectivity index (χ2n) is 5.06. The van der Waals surface area contributed by atoms with Gasteiger partial charge in [0.25, 0.3) is 0 Å². The zero-order valence-corrected chi connectivity index (χ0v) is 17.3. The van der Waals surface area contributed by atoms with Gasteiger partial charge >= 0.3 is 10.2 Å². The summed E-state index contributed by atoms with van der Waals surface area (Å²) in [6.07, 6.45) is -0.381. The van der Waals surface area contributed by atoms with Crippen molar-refractivity contribution in [2.45, 2.75) is 24.6 Å². The number of nitrogens with two attached hydrogens (primary N) is 5. The summed E-state index contributed by atoms with van der Waals surface area (Å²) in [7, 11) is -3.92. The van der Waals surface area contributed by atoms with Crippen molar-refractivity contribution in [3.05, 3.63) is 11.1 Å². The Balaban J connectivity index is 0.000000734. The number of carbonyl (C=O) groups is 2. The van der Waals surface area contributed by atoms with E-state index in [4.69, 9.17) is 28.1 Å². The summed E-state index contributed by atoms with van der Waals surface area (Å²) < 4.78 is 24.5. The average Bonchev–Trinajstić information content (AvgIpc) is 2.96. The zero-order chi connectivity index (χ0) is 22.6. The molecule has 14 nitrogen and oxygen atoms in total. The number of hydrogen-bond acceptors (Lipinski definition) is 11. The molecule has 0 amide bonds. The van der Waals surface area contributed by atoms with Gasteiger partial charge in [-0.2, -0.15) is 25.2 Å². The summed E-state index contributed by atoms with van der Waals surface area (Å²) >= 11 is 2.86. The summed E-state index contributed by atoms with van der Waals surface area (Å²) in [4.78, 5) is 27.4. The highest BCUT2D eigenvalue weighted by atomic mass is 32.2. The number of nitrogens with zero attached hydrogens (tertiary/aromatic N) is 3. The Labute approximate surface area is 174 Å². The van der Waals surface area contributed by atoms with Crippen molar-refractivity contribution in [2.24, 2.45) is 37.5 Å². The first-order valence-electron chi connectivity index (χ1n) is 7.45. The van der Waals surface area contributed by atoms with Crippen molar-refractivity contribution in [1.29, 1.82) is 0 Å². The van der Waals surface area contributed by atoms with Crippen LogP contribution in [0.15, 0.2) is 14.8 Å². The van der Waals surface area contributed by atoms with Crippen LogP contribution in [-0.4, -0.2) is 48.9 Å². The third-order valence-electron chi connectivity index (χ3n) is 2.45. The molecule has 0 saturated heterocycles. The van der Waals surface area contributed by atoms with Crippen molar-refractivity contribution in [3.8, 4) is 0 Å². The van der Waals surface area contributed by atoms with Gasteiger partial charge in [-0.05, 0) is 0 Å². The van der Waals surface area contributed by atoms with Gasteiger partial charge in [0, 0.05) is 41.7 Å². The standard InChI is InChI=1S/C8H15N7O2S3.C4H7NO4/c9-6(15-20(12,16)17)1-2-18-3-5-4-19-8(13-5)14-7(10)11;5-2(4(8)9)1-3(6)7/h4H,1-3H2,(H2,9,15)(H2,12,16,17)(H4,10,11,13,14);2H,1,5H2,(H,6,7)(H,8,9)/p-2/t;2-/m.0/s1. The number of amidine groups is 1. The lowest BCUT2D eigenvalue weighted by molar-refractivity contribution is -0.316. The van der Waals surface area contributed by atoms with Crippen LogP contribution in [0.3, 0.4) is 0 Å². The van der Waals surface area contributed by atoms with E-state index in [2.05, 4.69) is 14.4 Å². The lowest BCUT2D eigenvalue weighted by atomic mass is 10.2. The first-order valence-corrected chi connectivity index (χ1v) is 11.0. The molecule has 1 heterocycles. The third kappa shape index (κ3) is 15.2. The molecule has 0 spiro atoms. The summed E-state index contributed by atoms with van der Waals surface area (Å²) in [6, 6.07) is -1.46. The Bertz CT molecular complexity index is 850. The molecule has 0 aliphatic heterocycles. The minimum Gasteiger partial charge on any atom is -0.550 e. The van der Waals surface area contributed by atoms with Crippen LogP contribution in [0.5, 0.6) is 0 Å². The van der Waals surface area contributed by atoms with Gasteiger partial charge in [0.05, 0.1) is 11.7 Å². The highest BCUT2D eigenvalue weighted by Crippen LogP contribution is 2.21. The number of aromatic nitrogens is 1. The SMILES string of the molecule is NC(N)=Nc1nc(CSCCC(N)=NS(N)(=O)=O)cs1.N[C@@H](CC(=O)[O-])C(=O)[O-]. The molecule has 1 atom stereocenters. The highest BCUT2D eigenvalue weighted by molar-refractivity contribution is 7.98. The van der Waals surface area contributed by atoms with Gasteiger partial charge in [0.1, 0.15) is 5.84 Å². The van der Waals surface area contributed by atoms with E-state index in [0.717, 1.165) is 5.69 Å². The molecule has 1 aromatic heterocycles. The number of thiazole rings is 1. The normalized spacial score (nSPS) is 12.4. The maximum Gasteiger partial charge on any atom is 0.318 e. The average molecular weight is 469 g/mol. The van der Waals surface area contributed by atoms with Gasteiger partial charge in [0.2, 0.25) is 5.13 Å². The van der Waals surface area contributed by atoms with E-state index in [9.17, 15) is 28.2 Å². The highest BCUT2D eigenvalue weighted by Gasteiger charge is 2.04. The van der Waals surface area contributed by atoms with E-state index in [0.29, 0.717) is 23.1 Å². The largest absolute Gasteiger partial charge is 0.550 e. The molecule has 0 aromatic carbocycles. The number of aliphatic carboxylic acids is 2. The number of thioether (sulfide) groups is 1. The van der Waals surface area contributed by atoms with Crippen molar-refractivity contribution in [3.63, 3.8) is 0 Å². The predicted octanol–water partition coefficient (Wildman–Crippen LogP) is -4.56. The third-order valence-corrected chi connectivity index (χ3v) is 4.72. The van der Waals surface area contributed by atoms with Gasteiger partial charge in [-0.1, -0.05) is 0 Å². The van der Waals surface area contributed by atoms with Crippen LogP contribution in [0.1, 0.15) is 18.5 Å². The molecule has 17 heteroatoms. The molecule has 1 aromatic rings. The second kappa shape index (κ2) is 12.9. The van der Waals surface area contributed by atoms with Gasteiger partial charge in [-0.25, -0.2) is 10.1 Å². The van der Waals surface area contributed by atoms with Crippen molar-refractivity contribution in [1.82, 2.24) is 4.98 Å². The van der Waals surface area contributed by atoms with Crippen LogP contribution >= 0.6 is 23.1 Å². The lowest BCUT2D eigenvalue weighted by Crippen LogP contribution is -2.45. The van der Waals surface area contributed by atoms with Crippen molar-refractivity contribution >= 4 is 62.2 Å². The maximum atomic E-state index is 10.6. The Kier molecular flexibility index (Phi) is 11.8. The number of carbonyl (C=O) groups excluding carboxylic acids is 2. The summed E-state index contributed by atoms with van der Waals surface area (Å²) in [5.74, 6) is -1.89. The number of aliphatic imine (C=N–C) groups is 1. The summed E-state index contributed by atoms with van der Waals surface area (Å²) in [6.45, 7) is 0. The molecule has 0 aliphatic rings. The molecule has 0 fully saturated rings. The van der Waals surface area contributed by atoms with Crippen molar-refractivity contribution in [2.75, 3.05) is 5.75 Å². The fraction of sp³-hybridized carbons (Fsp3) is 0.417. The number of hydrogen-bond donors (Lipinski definition) is 5. The van der Waals surface area contributed by atoms with Crippen LogP contribution in [0.4, 0.5) is 5.13 Å². The van der Waals surface area contributed by atoms with E-state index in [1.165, 1.54) is 23.1 Å². The molecular formula is C12H20N8O6S3-2. The number of guanidine groups is 1. The van der Waals surface area contributed by atoms with Crippen LogP contribution < -0.4 is 38.3 Å². The van der Waals surface area contributed by atoms with Gasteiger partial charge in [-0.15, -0.1) is 15.7 Å². The number of carboxylic acids is 2. The van der Waals surface area contributed by atoms with Crippen LogP contribution in [0, 0.1) is 0 Å². The topological polar surface area (TPSA) is 282 Å². The Morgan fingerprint density at radius 3 is 2.34 bits per heavy atom. The first-order chi connectivity index (χ1) is 13.3. The number of rotatable bonds is 10. The monoisotopic (exact) mass is 468 g/mol. The molecule has 0 saturated carbocycles. The molecular weight excluding hydrogens is 448 g/mol. The van der Waals surface area contributed by atoms with Gasteiger partial charge in [-0.3, -0.25) is 0 Å². The predicted molar refractivity (Wildman–Crippen MR) is 106 cm³/mol. The molecule has 0 bridgehead atoms. The Morgan fingerprint density at radius 1 is 1.28 bits per heavy atom. The fourth-order valence-electron chi connectivity index (χ4n) is 1.35. The summed E-state index contributed by atoms with van der Waals surface area (Å²) in [5, 5.41) is 26.4. The van der Waals surface area contributed by atoms with Gasteiger partial charge in [0.15, 0.2) is 5.96 Å². The molecule has 10 N–H and O–H groups in total. The minimum absolute atomic E-state index is 0.0144. The minimum atomic E-state index is -3.92. The zero-order valence-electron chi connectivity index (χ0n) is 14.9. The second-order valence-corrected chi connectivity index (χ2v) is 8.21. The Hall–Kier alpha value is -2.47. The van der Waals surface area contributed by atoms with Crippen LogP contribution in [0.25, 0.3) is 0 Å². The first kappa shape index (κ1) is 26.5. The van der Waals surface area contributed by atoms with Crippen LogP contribution in [-0.2, 0) is 25.6 Å². The molecule has 1 rings (SSSR count). The lowest BCUT2D eigenvalue weighted by Gasteiger charge is -2.11. The molecule has 0 unspecified atom stereocenters. The molecule has 29 heavy (non-hydrogen) atoms. The van der Waals surface area contributed by atoms with E-state index in [-0.39, 0.29) is 11.8 Å². The maximum absolute atomic E-state index is 10.6. The number of carboxylic acid groups (broad SMARTS) is 2. The van der Waals surface area contributed by atoms with E-state index in [1.807, 2.05) is 5.38 Å². The fourth-order valence-corrected chi connectivity index (χ4v) is 3.43. The van der Waals surface area contributed by atoms with Crippen LogP contribution in [0.2, 0.25) is 0 Å². The van der Waals surface area contributed by atoms with E-state index < -0.39 is 34.6 Å². The Morgan fingerprint density at radius 2 is 1.90 bits per heavy atom. The summed E-state index contributed by atoms with van der Waals surface area (Å²) in [5.41, 5.74) is 21.5. The van der Waals surface area contributed by atoms with E-state index in [1.54, 1.807) is 0 Å². The molecule has 0 aliphatic carbocycles. The van der Waals surface area contributed by atoms with Crippen molar-refractivity contribution < 1.29 is 28.2 Å². The van der Waals surface area contributed by atoms with Gasteiger partial charge < -0.3 is 42.7 Å². The molecule has 164 valence electrons. The smallest absolute Gasteiger partial charge is 0.318 e. The van der Waals surface area contributed by atoms with E-state index >= 15 is 0 Å². The quantitative estimate of drug-likeness (QED) is 0.123.